The Morgan fingerprint density at radius 1 is 1.24 bits per heavy atom. The average Bonchev–Trinajstić information content (AvgIpc) is 2.94. The third kappa shape index (κ3) is 2.79. The van der Waals surface area contributed by atoms with Gasteiger partial charge in [-0.25, -0.2) is 0 Å². The van der Waals surface area contributed by atoms with Crippen molar-refractivity contribution in [3.05, 3.63) is 48.9 Å². The molecule has 0 saturated carbocycles. The van der Waals surface area contributed by atoms with Crippen molar-refractivity contribution in [3.63, 3.8) is 0 Å². The summed E-state index contributed by atoms with van der Waals surface area (Å²) in [7, 11) is 1.90. The third-order valence-corrected chi connectivity index (χ3v) is 5.55. The molecule has 0 spiro atoms. The Bertz CT molecular complexity index is 921. The minimum atomic E-state index is -0.280. The van der Waals surface area contributed by atoms with Crippen LogP contribution >= 0.6 is 45.9 Å². The molecule has 3 aromatic rings. The Hall–Kier alpha value is -1.14. The topological polar surface area (TPSA) is 34.4 Å². The highest BCUT2D eigenvalue weighted by Gasteiger charge is 2.11. The van der Waals surface area contributed by atoms with Gasteiger partial charge in [-0.1, -0.05) is 34.5 Å². The number of aromatic nitrogens is 1. The van der Waals surface area contributed by atoms with Gasteiger partial charge < -0.3 is 4.57 Å². The maximum absolute atomic E-state index is 12.2. The van der Waals surface area contributed by atoms with Gasteiger partial charge in [0.1, 0.15) is 0 Å². The Balaban J connectivity index is 2.16. The van der Waals surface area contributed by atoms with Crippen molar-refractivity contribution in [2.45, 2.75) is 6.92 Å². The van der Waals surface area contributed by atoms with E-state index in [1.54, 1.807) is 12.1 Å². The number of thiophene rings is 1. The first kappa shape index (κ1) is 14.8. The van der Waals surface area contributed by atoms with Crippen molar-refractivity contribution >= 4 is 62.0 Å². The fourth-order valence-corrected chi connectivity index (χ4v) is 4.54. The van der Waals surface area contributed by atoms with Crippen LogP contribution in [0.4, 0.5) is 0 Å². The summed E-state index contributed by atoms with van der Waals surface area (Å²) in [5.74, 6) is -0.280. The second kappa shape index (κ2) is 5.57. The number of carbonyl (C=O) groups is 1. The van der Waals surface area contributed by atoms with Gasteiger partial charge in [0.15, 0.2) is 4.80 Å². The van der Waals surface area contributed by atoms with Gasteiger partial charge in [0.25, 0.3) is 5.91 Å². The van der Waals surface area contributed by atoms with Crippen LogP contribution in [0.15, 0.2) is 29.3 Å². The highest BCUT2D eigenvalue weighted by Crippen LogP contribution is 2.25. The van der Waals surface area contributed by atoms with Gasteiger partial charge in [-0.2, -0.15) is 4.99 Å². The second-order valence-corrected chi connectivity index (χ2v) is 7.69. The number of amides is 1. The fourth-order valence-electron chi connectivity index (χ4n) is 2.14. The lowest BCUT2D eigenvalue weighted by molar-refractivity contribution is 0.100. The second-order valence-electron chi connectivity index (χ2n) is 4.53. The van der Waals surface area contributed by atoms with Crippen LogP contribution < -0.4 is 4.80 Å². The van der Waals surface area contributed by atoms with Gasteiger partial charge in [0.2, 0.25) is 0 Å². The van der Waals surface area contributed by atoms with Gasteiger partial charge >= 0.3 is 0 Å². The van der Waals surface area contributed by atoms with E-state index in [1.165, 1.54) is 22.7 Å². The van der Waals surface area contributed by atoms with E-state index in [0.29, 0.717) is 19.0 Å². The molecule has 0 N–H and O–H groups in total. The van der Waals surface area contributed by atoms with Crippen molar-refractivity contribution in [2.24, 2.45) is 12.0 Å². The number of carbonyl (C=O) groups excluding carboxylic acids is 1. The Morgan fingerprint density at radius 3 is 2.67 bits per heavy atom. The molecule has 0 atom stereocenters. The van der Waals surface area contributed by atoms with Gasteiger partial charge in [0, 0.05) is 12.1 Å². The first-order chi connectivity index (χ1) is 9.95. The van der Waals surface area contributed by atoms with Crippen molar-refractivity contribution in [1.29, 1.82) is 0 Å². The third-order valence-electron chi connectivity index (χ3n) is 3.04. The molecule has 1 amide bonds. The Morgan fingerprint density at radius 2 is 2.00 bits per heavy atom. The zero-order chi connectivity index (χ0) is 15.1. The SMILES string of the molecule is Cc1cc(Cl)cc2sc(=NC(=O)c3ccc(Cl)s3)n(C)c12. The van der Waals surface area contributed by atoms with Gasteiger partial charge in [0.05, 0.1) is 19.4 Å². The first-order valence-corrected chi connectivity index (χ1v) is 8.44. The summed E-state index contributed by atoms with van der Waals surface area (Å²) >= 11 is 14.6. The highest BCUT2D eigenvalue weighted by molar-refractivity contribution is 7.18. The molecule has 7 heteroatoms. The van der Waals surface area contributed by atoms with Crippen LogP contribution in [0.1, 0.15) is 15.2 Å². The molecule has 3 rings (SSSR count). The van der Waals surface area contributed by atoms with Crippen LogP contribution in [0.2, 0.25) is 9.36 Å². The standard InChI is InChI=1S/C14H10Cl2N2OS2/c1-7-5-8(15)6-10-12(7)18(2)14(21-10)17-13(19)9-3-4-11(16)20-9/h3-6H,1-2H3. The maximum Gasteiger partial charge on any atom is 0.289 e. The largest absolute Gasteiger partial charge is 0.319 e. The summed E-state index contributed by atoms with van der Waals surface area (Å²) in [5.41, 5.74) is 2.10. The van der Waals surface area contributed by atoms with Crippen molar-refractivity contribution in [1.82, 2.24) is 4.57 Å². The molecule has 0 fully saturated rings. The van der Waals surface area contributed by atoms with Crippen LogP contribution in [0, 0.1) is 6.92 Å². The predicted molar refractivity (Wildman–Crippen MR) is 89.8 cm³/mol. The summed E-state index contributed by atoms with van der Waals surface area (Å²) in [5, 5.41) is 0.685. The maximum atomic E-state index is 12.2. The number of thiazole rings is 1. The lowest BCUT2D eigenvalue weighted by Gasteiger charge is -2.00. The van der Waals surface area contributed by atoms with E-state index >= 15 is 0 Å². The van der Waals surface area contributed by atoms with Gasteiger partial charge in [-0.3, -0.25) is 4.79 Å². The Kier molecular flexibility index (Phi) is 3.92. The lowest BCUT2D eigenvalue weighted by atomic mass is 10.2. The molecular weight excluding hydrogens is 347 g/mol. The molecule has 0 aliphatic rings. The number of hydrogen-bond acceptors (Lipinski definition) is 3. The molecule has 2 aromatic heterocycles. The summed E-state index contributed by atoms with van der Waals surface area (Å²) < 4.78 is 3.51. The molecule has 0 aliphatic carbocycles. The van der Waals surface area contributed by atoms with Crippen LogP contribution in [0.25, 0.3) is 10.2 Å². The van der Waals surface area contributed by atoms with Crippen molar-refractivity contribution < 1.29 is 4.79 Å². The molecule has 3 nitrogen and oxygen atoms in total. The van der Waals surface area contributed by atoms with E-state index in [4.69, 9.17) is 23.2 Å². The molecule has 2 heterocycles. The van der Waals surface area contributed by atoms with E-state index in [0.717, 1.165) is 15.8 Å². The van der Waals surface area contributed by atoms with Gasteiger partial charge in [-0.05, 0) is 36.8 Å². The van der Waals surface area contributed by atoms with E-state index in [2.05, 4.69) is 4.99 Å². The first-order valence-electron chi connectivity index (χ1n) is 6.06. The van der Waals surface area contributed by atoms with Crippen LogP contribution in [0.5, 0.6) is 0 Å². The summed E-state index contributed by atoms with van der Waals surface area (Å²) in [6, 6.07) is 7.18. The predicted octanol–water partition coefficient (Wildman–Crippen LogP) is 4.66. The molecular formula is C14H10Cl2N2OS2. The minimum Gasteiger partial charge on any atom is -0.319 e. The Labute approximate surface area is 139 Å². The number of nitrogens with zero attached hydrogens (tertiary/aromatic N) is 2. The van der Waals surface area contributed by atoms with Crippen LogP contribution in [-0.4, -0.2) is 10.5 Å². The summed E-state index contributed by atoms with van der Waals surface area (Å²) in [6.45, 7) is 1.99. The molecule has 0 aliphatic heterocycles. The van der Waals surface area contributed by atoms with E-state index in [-0.39, 0.29) is 5.91 Å². The summed E-state index contributed by atoms with van der Waals surface area (Å²) in [4.78, 5) is 17.5. The van der Waals surface area contributed by atoms with Crippen LogP contribution in [0.3, 0.4) is 0 Å². The molecule has 0 radical (unpaired) electrons. The zero-order valence-electron chi connectivity index (χ0n) is 11.2. The average molecular weight is 357 g/mol. The van der Waals surface area contributed by atoms with Crippen molar-refractivity contribution in [2.75, 3.05) is 0 Å². The molecule has 108 valence electrons. The number of rotatable bonds is 1. The molecule has 0 unspecified atom stereocenters. The van der Waals surface area contributed by atoms with E-state index in [1.807, 2.05) is 30.7 Å². The van der Waals surface area contributed by atoms with E-state index < -0.39 is 0 Å². The summed E-state index contributed by atoms with van der Waals surface area (Å²) in [6.07, 6.45) is 0. The lowest BCUT2D eigenvalue weighted by Crippen LogP contribution is -2.13. The number of benzene rings is 1. The molecule has 21 heavy (non-hydrogen) atoms. The zero-order valence-corrected chi connectivity index (χ0v) is 14.3. The molecule has 1 aromatic carbocycles. The monoisotopic (exact) mass is 356 g/mol. The molecule has 0 bridgehead atoms. The van der Waals surface area contributed by atoms with Crippen LogP contribution in [-0.2, 0) is 7.05 Å². The van der Waals surface area contributed by atoms with Crippen molar-refractivity contribution in [3.8, 4) is 0 Å². The number of aryl methyl sites for hydroxylation is 2. The number of fused-ring (bicyclic) bond motifs is 1. The highest BCUT2D eigenvalue weighted by atomic mass is 35.5. The molecule has 0 saturated heterocycles. The minimum absolute atomic E-state index is 0.280. The number of halogens is 2. The quantitative estimate of drug-likeness (QED) is 0.624. The fraction of sp³-hybridized carbons (Fsp3) is 0.143. The van der Waals surface area contributed by atoms with E-state index in [9.17, 15) is 4.79 Å². The normalized spacial score (nSPS) is 12.3. The number of hydrogen-bond donors (Lipinski definition) is 0. The smallest absolute Gasteiger partial charge is 0.289 e. The van der Waals surface area contributed by atoms with Gasteiger partial charge in [-0.15, -0.1) is 11.3 Å².